The standard InChI is InChI=1S/C20H25F3N4O3S/c21-20(22,23)17-5-1-2-6-18(17)31(29,30)26-15-9-7-14(8-10-15)25-13-19(28)27-11-3-4-16(27)12-24/h1-2,5-6,14-16,25-26H,3-4,7-11,13H2. The van der Waals surface area contributed by atoms with Gasteiger partial charge in [0.15, 0.2) is 0 Å². The molecule has 1 saturated heterocycles. The Morgan fingerprint density at radius 3 is 2.42 bits per heavy atom. The summed E-state index contributed by atoms with van der Waals surface area (Å²) in [5.41, 5.74) is -1.19. The Balaban J connectivity index is 1.51. The Kier molecular flexibility index (Phi) is 7.24. The molecule has 1 amide bonds. The van der Waals surface area contributed by atoms with Crippen molar-refractivity contribution in [3.8, 4) is 6.07 Å². The van der Waals surface area contributed by atoms with Gasteiger partial charge in [-0.25, -0.2) is 13.1 Å². The van der Waals surface area contributed by atoms with Crippen LogP contribution in [0.15, 0.2) is 29.2 Å². The summed E-state index contributed by atoms with van der Waals surface area (Å²) < 4.78 is 67.0. The predicted octanol–water partition coefficient (Wildman–Crippen LogP) is 2.40. The fraction of sp³-hybridized carbons (Fsp3) is 0.600. The Morgan fingerprint density at radius 2 is 1.77 bits per heavy atom. The number of rotatable bonds is 6. The number of carbonyl (C=O) groups is 1. The normalized spacial score (nSPS) is 24.7. The van der Waals surface area contributed by atoms with E-state index in [1.807, 2.05) is 0 Å². The van der Waals surface area contributed by atoms with Gasteiger partial charge in [0.2, 0.25) is 15.9 Å². The number of nitrogens with one attached hydrogen (secondary N) is 2. The minimum absolute atomic E-state index is 0.00954. The SMILES string of the molecule is N#CC1CCCN1C(=O)CNC1CCC(NS(=O)(=O)c2ccccc2C(F)(F)F)CC1. The van der Waals surface area contributed by atoms with E-state index in [1.54, 1.807) is 4.90 Å². The van der Waals surface area contributed by atoms with Gasteiger partial charge < -0.3 is 10.2 Å². The second-order valence-electron chi connectivity index (χ2n) is 7.92. The van der Waals surface area contributed by atoms with E-state index < -0.39 is 32.7 Å². The summed E-state index contributed by atoms with van der Waals surface area (Å²) in [6, 6.07) is 5.42. The van der Waals surface area contributed by atoms with Crippen molar-refractivity contribution < 1.29 is 26.4 Å². The van der Waals surface area contributed by atoms with Gasteiger partial charge in [0, 0.05) is 18.6 Å². The molecular weight excluding hydrogens is 433 g/mol. The number of sulfonamides is 1. The first-order valence-corrected chi connectivity index (χ1v) is 11.7. The second-order valence-corrected chi connectivity index (χ2v) is 9.60. The molecule has 170 valence electrons. The number of nitriles is 1. The third kappa shape index (κ3) is 5.75. The zero-order valence-corrected chi connectivity index (χ0v) is 17.7. The molecule has 0 bridgehead atoms. The Morgan fingerprint density at radius 1 is 1.13 bits per heavy atom. The molecule has 1 atom stereocenters. The summed E-state index contributed by atoms with van der Waals surface area (Å²) in [6.07, 6.45) is -1.20. The fourth-order valence-electron chi connectivity index (χ4n) is 4.17. The highest BCUT2D eigenvalue weighted by atomic mass is 32.2. The van der Waals surface area contributed by atoms with Crippen LogP contribution in [0.4, 0.5) is 13.2 Å². The molecule has 1 unspecified atom stereocenters. The van der Waals surface area contributed by atoms with Crippen LogP contribution in [-0.4, -0.2) is 50.4 Å². The maximum absolute atomic E-state index is 13.2. The van der Waals surface area contributed by atoms with Gasteiger partial charge in [0.05, 0.1) is 23.1 Å². The van der Waals surface area contributed by atoms with Gasteiger partial charge in [0.1, 0.15) is 6.04 Å². The van der Waals surface area contributed by atoms with Crippen LogP contribution in [0.2, 0.25) is 0 Å². The van der Waals surface area contributed by atoms with Gasteiger partial charge >= 0.3 is 6.18 Å². The second kappa shape index (κ2) is 9.54. The predicted molar refractivity (Wildman–Crippen MR) is 106 cm³/mol. The van der Waals surface area contributed by atoms with Crippen molar-refractivity contribution in [2.75, 3.05) is 13.1 Å². The number of benzene rings is 1. The molecule has 0 spiro atoms. The first-order valence-electron chi connectivity index (χ1n) is 10.2. The molecular formula is C20H25F3N4O3S. The van der Waals surface area contributed by atoms with E-state index in [2.05, 4.69) is 16.1 Å². The number of likely N-dealkylation sites (tertiary alicyclic amines) is 1. The molecule has 31 heavy (non-hydrogen) atoms. The molecule has 2 aliphatic rings. The summed E-state index contributed by atoms with van der Waals surface area (Å²) in [5.74, 6) is -0.129. The highest BCUT2D eigenvalue weighted by Crippen LogP contribution is 2.34. The quantitative estimate of drug-likeness (QED) is 0.682. The van der Waals surface area contributed by atoms with E-state index in [4.69, 9.17) is 5.26 Å². The van der Waals surface area contributed by atoms with Crippen LogP contribution in [0, 0.1) is 11.3 Å². The average molecular weight is 459 g/mol. The Hall–Kier alpha value is -2.16. The van der Waals surface area contributed by atoms with Crippen LogP contribution >= 0.6 is 0 Å². The highest BCUT2D eigenvalue weighted by Gasteiger charge is 2.38. The van der Waals surface area contributed by atoms with Crippen LogP contribution in [0.25, 0.3) is 0 Å². The first kappa shape index (κ1) is 23.5. The number of hydrogen-bond donors (Lipinski definition) is 2. The molecule has 0 aromatic heterocycles. The third-order valence-electron chi connectivity index (χ3n) is 5.80. The zero-order valence-electron chi connectivity index (χ0n) is 16.9. The van der Waals surface area contributed by atoms with E-state index in [1.165, 1.54) is 6.07 Å². The van der Waals surface area contributed by atoms with Gasteiger partial charge in [-0.1, -0.05) is 12.1 Å². The van der Waals surface area contributed by atoms with Crippen LogP contribution in [0.1, 0.15) is 44.1 Å². The number of hydrogen-bond acceptors (Lipinski definition) is 5. The summed E-state index contributed by atoms with van der Waals surface area (Å²) >= 11 is 0. The van der Waals surface area contributed by atoms with E-state index in [0.717, 1.165) is 24.6 Å². The Labute approximate surface area is 179 Å². The Bertz CT molecular complexity index is 938. The van der Waals surface area contributed by atoms with E-state index >= 15 is 0 Å². The molecule has 1 saturated carbocycles. The monoisotopic (exact) mass is 458 g/mol. The van der Waals surface area contributed by atoms with Gasteiger partial charge in [-0.15, -0.1) is 0 Å². The number of halogens is 3. The molecule has 7 nitrogen and oxygen atoms in total. The van der Waals surface area contributed by atoms with Crippen LogP contribution in [0.3, 0.4) is 0 Å². The van der Waals surface area contributed by atoms with E-state index in [9.17, 15) is 26.4 Å². The van der Waals surface area contributed by atoms with E-state index in [-0.39, 0.29) is 24.5 Å². The number of amides is 1. The van der Waals surface area contributed by atoms with Crippen LogP contribution < -0.4 is 10.0 Å². The molecule has 1 aromatic carbocycles. The van der Waals surface area contributed by atoms with Crippen molar-refractivity contribution in [3.05, 3.63) is 29.8 Å². The highest BCUT2D eigenvalue weighted by molar-refractivity contribution is 7.89. The first-order chi connectivity index (χ1) is 14.6. The molecule has 1 heterocycles. The molecule has 3 rings (SSSR count). The molecule has 1 aliphatic heterocycles. The summed E-state index contributed by atoms with van der Waals surface area (Å²) in [5, 5.41) is 12.2. The summed E-state index contributed by atoms with van der Waals surface area (Å²) in [6.45, 7) is 0.685. The smallest absolute Gasteiger partial charge is 0.326 e. The maximum Gasteiger partial charge on any atom is 0.417 e. The molecule has 2 fully saturated rings. The topological polar surface area (TPSA) is 102 Å². The summed E-state index contributed by atoms with van der Waals surface area (Å²) in [7, 11) is -4.32. The van der Waals surface area contributed by atoms with Crippen molar-refractivity contribution >= 4 is 15.9 Å². The molecule has 1 aromatic rings. The lowest BCUT2D eigenvalue weighted by atomic mass is 9.92. The lowest BCUT2D eigenvalue weighted by molar-refractivity contribution is -0.140. The van der Waals surface area contributed by atoms with Crippen LogP contribution in [-0.2, 0) is 21.0 Å². The van der Waals surface area contributed by atoms with Crippen molar-refractivity contribution in [1.82, 2.24) is 14.9 Å². The third-order valence-corrected chi connectivity index (χ3v) is 7.37. The minimum Gasteiger partial charge on any atom is -0.326 e. The van der Waals surface area contributed by atoms with Gasteiger partial charge in [0.25, 0.3) is 0 Å². The van der Waals surface area contributed by atoms with Crippen molar-refractivity contribution in [1.29, 1.82) is 5.26 Å². The lowest BCUT2D eigenvalue weighted by Gasteiger charge is -2.30. The largest absolute Gasteiger partial charge is 0.417 e. The van der Waals surface area contributed by atoms with Crippen molar-refractivity contribution in [3.63, 3.8) is 0 Å². The molecule has 0 radical (unpaired) electrons. The minimum atomic E-state index is -4.76. The number of nitrogens with zero attached hydrogens (tertiary/aromatic N) is 2. The van der Waals surface area contributed by atoms with Gasteiger partial charge in [-0.05, 0) is 50.7 Å². The van der Waals surface area contributed by atoms with Crippen molar-refractivity contribution in [2.45, 2.75) is 67.7 Å². The molecule has 11 heteroatoms. The van der Waals surface area contributed by atoms with Crippen LogP contribution in [0.5, 0.6) is 0 Å². The number of carbonyl (C=O) groups excluding carboxylic acids is 1. The maximum atomic E-state index is 13.2. The number of alkyl halides is 3. The van der Waals surface area contributed by atoms with Crippen molar-refractivity contribution in [2.24, 2.45) is 0 Å². The molecule has 2 N–H and O–H groups in total. The van der Waals surface area contributed by atoms with Gasteiger partial charge in [-0.3, -0.25) is 4.79 Å². The average Bonchev–Trinajstić information content (AvgIpc) is 3.21. The van der Waals surface area contributed by atoms with E-state index in [0.29, 0.717) is 38.6 Å². The summed E-state index contributed by atoms with van der Waals surface area (Å²) in [4.78, 5) is 13.1. The van der Waals surface area contributed by atoms with Gasteiger partial charge in [-0.2, -0.15) is 18.4 Å². The molecule has 1 aliphatic carbocycles. The zero-order chi connectivity index (χ0) is 22.6. The fourth-order valence-corrected chi connectivity index (χ4v) is 5.70. The lowest BCUT2D eigenvalue weighted by Crippen LogP contribution is -2.46.